The molecule has 2 heterocycles. The fraction of sp³-hybridized carbons (Fsp3) is 0.0435. The van der Waals surface area contributed by atoms with E-state index in [0.29, 0.717) is 5.56 Å². The second kappa shape index (κ2) is 5.86. The number of aromatic nitrogens is 1. The van der Waals surface area contributed by atoms with E-state index in [1.165, 1.54) is 0 Å². The van der Waals surface area contributed by atoms with Crippen LogP contribution >= 0.6 is 0 Å². The molecule has 128 valence electrons. The lowest BCUT2D eigenvalue weighted by Crippen LogP contribution is -1.90. The second-order valence-electron chi connectivity index (χ2n) is 6.33. The van der Waals surface area contributed by atoms with Crippen LogP contribution in [0.25, 0.3) is 44.1 Å². The Balaban J connectivity index is 1.94. The van der Waals surface area contributed by atoms with Crippen LogP contribution in [-0.4, -0.2) is 12.1 Å². The van der Waals surface area contributed by atoms with Gasteiger partial charge in [-0.1, -0.05) is 30.3 Å². The fourth-order valence-corrected chi connectivity index (χ4v) is 3.48. The molecule has 5 aromatic rings. The first-order valence-corrected chi connectivity index (χ1v) is 8.58. The molecule has 0 amide bonds. The van der Waals surface area contributed by atoms with Crippen molar-refractivity contribution in [3.05, 3.63) is 72.3 Å². The maximum absolute atomic E-state index is 9.08. The average molecular weight is 350 g/mol. The van der Waals surface area contributed by atoms with Gasteiger partial charge in [0.2, 0.25) is 0 Å². The lowest BCUT2D eigenvalue weighted by molar-refractivity contribution is 0.415. The van der Waals surface area contributed by atoms with Gasteiger partial charge in [-0.3, -0.25) is 0 Å². The molecule has 0 saturated heterocycles. The number of para-hydroxylation sites is 1. The summed E-state index contributed by atoms with van der Waals surface area (Å²) in [5.74, 6) is 0.747. The van der Waals surface area contributed by atoms with Crippen LogP contribution in [0.4, 0.5) is 0 Å². The second-order valence-corrected chi connectivity index (χ2v) is 6.33. The van der Waals surface area contributed by atoms with E-state index in [9.17, 15) is 0 Å². The molecule has 0 aliphatic heterocycles. The Kier molecular flexibility index (Phi) is 3.34. The Hall–Kier alpha value is -3.84. The van der Waals surface area contributed by atoms with E-state index in [2.05, 4.69) is 6.07 Å². The molecule has 2 aromatic heterocycles. The number of benzene rings is 3. The molecule has 4 nitrogen and oxygen atoms in total. The van der Waals surface area contributed by atoms with Crippen molar-refractivity contribution in [2.75, 3.05) is 7.11 Å². The third-order valence-electron chi connectivity index (χ3n) is 4.80. The SMILES string of the molecule is COc1ccc2c(c1)nc(-c1ccc(C#N)cc1)c1c3ccccc3oc21. The van der Waals surface area contributed by atoms with Gasteiger partial charge < -0.3 is 9.15 Å². The number of methoxy groups -OCH3 is 1. The molecule has 27 heavy (non-hydrogen) atoms. The van der Waals surface area contributed by atoms with Crippen molar-refractivity contribution in [1.29, 1.82) is 5.26 Å². The smallest absolute Gasteiger partial charge is 0.147 e. The van der Waals surface area contributed by atoms with Crippen molar-refractivity contribution in [2.45, 2.75) is 0 Å². The van der Waals surface area contributed by atoms with Gasteiger partial charge in [0.1, 0.15) is 16.9 Å². The predicted octanol–water partition coefficient (Wildman–Crippen LogP) is 5.68. The Morgan fingerprint density at radius 1 is 0.963 bits per heavy atom. The van der Waals surface area contributed by atoms with Crippen LogP contribution in [0.5, 0.6) is 5.75 Å². The van der Waals surface area contributed by atoms with Gasteiger partial charge in [0.25, 0.3) is 0 Å². The van der Waals surface area contributed by atoms with Gasteiger partial charge >= 0.3 is 0 Å². The summed E-state index contributed by atoms with van der Waals surface area (Å²) >= 11 is 0. The Morgan fingerprint density at radius 3 is 2.56 bits per heavy atom. The van der Waals surface area contributed by atoms with Crippen molar-refractivity contribution >= 4 is 32.8 Å². The summed E-state index contributed by atoms with van der Waals surface area (Å²) in [5.41, 5.74) is 4.83. The van der Waals surface area contributed by atoms with Crippen molar-refractivity contribution in [3.8, 4) is 23.1 Å². The third kappa shape index (κ3) is 2.33. The molecule has 5 rings (SSSR count). The van der Waals surface area contributed by atoms with Crippen molar-refractivity contribution in [1.82, 2.24) is 4.98 Å². The maximum Gasteiger partial charge on any atom is 0.147 e. The first-order valence-electron chi connectivity index (χ1n) is 8.58. The van der Waals surface area contributed by atoms with Gasteiger partial charge in [-0.05, 0) is 30.3 Å². The van der Waals surface area contributed by atoms with Crippen LogP contribution in [0, 0.1) is 11.3 Å². The zero-order chi connectivity index (χ0) is 18.4. The minimum Gasteiger partial charge on any atom is -0.497 e. The summed E-state index contributed by atoms with van der Waals surface area (Å²) in [5, 5.41) is 12.0. The number of nitriles is 1. The highest BCUT2D eigenvalue weighted by atomic mass is 16.5. The normalized spacial score (nSPS) is 11.1. The first-order chi connectivity index (χ1) is 13.3. The molecule has 0 aliphatic rings. The Morgan fingerprint density at radius 2 is 1.78 bits per heavy atom. The number of ether oxygens (including phenoxy) is 1. The number of hydrogen-bond acceptors (Lipinski definition) is 4. The highest BCUT2D eigenvalue weighted by molar-refractivity contribution is 6.19. The van der Waals surface area contributed by atoms with Gasteiger partial charge in [0.15, 0.2) is 0 Å². The summed E-state index contributed by atoms with van der Waals surface area (Å²) < 4.78 is 11.6. The number of furan rings is 1. The van der Waals surface area contributed by atoms with Crippen LogP contribution in [0.15, 0.2) is 71.1 Å². The molecule has 0 bridgehead atoms. The van der Waals surface area contributed by atoms with Gasteiger partial charge in [-0.15, -0.1) is 0 Å². The summed E-state index contributed by atoms with van der Waals surface area (Å²) in [7, 11) is 1.64. The number of rotatable bonds is 2. The first kappa shape index (κ1) is 15.4. The quantitative estimate of drug-likeness (QED) is 0.411. The van der Waals surface area contributed by atoms with Crippen molar-refractivity contribution in [2.24, 2.45) is 0 Å². The van der Waals surface area contributed by atoms with E-state index < -0.39 is 0 Å². The maximum atomic E-state index is 9.08. The number of fused-ring (bicyclic) bond motifs is 5. The lowest BCUT2D eigenvalue weighted by atomic mass is 10.0. The summed E-state index contributed by atoms with van der Waals surface area (Å²) in [4.78, 5) is 4.94. The summed E-state index contributed by atoms with van der Waals surface area (Å²) in [6.45, 7) is 0. The molecule has 0 fully saturated rings. The molecule has 0 aliphatic carbocycles. The highest BCUT2D eigenvalue weighted by Crippen LogP contribution is 2.39. The molecule has 0 atom stereocenters. The van der Waals surface area contributed by atoms with Crippen molar-refractivity contribution < 1.29 is 9.15 Å². The fourth-order valence-electron chi connectivity index (χ4n) is 3.48. The van der Waals surface area contributed by atoms with E-state index in [-0.39, 0.29) is 0 Å². The van der Waals surface area contributed by atoms with E-state index in [0.717, 1.165) is 49.8 Å². The number of hydrogen-bond donors (Lipinski definition) is 0. The van der Waals surface area contributed by atoms with Gasteiger partial charge in [0, 0.05) is 22.4 Å². The standard InChI is InChI=1S/C23H14N2O2/c1-26-16-10-11-17-19(12-16)25-22(15-8-6-14(13-24)7-9-15)21-18-4-2-3-5-20(18)27-23(17)21/h2-12H,1H3. The van der Waals surface area contributed by atoms with Gasteiger partial charge in [-0.2, -0.15) is 5.26 Å². The number of pyridine rings is 1. The minimum atomic E-state index is 0.620. The monoisotopic (exact) mass is 350 g/mol. The molecule has 4 heteroatoms. The largest absolute Gasteiger partial charge is 0.497 e. The minimum absolute atomic E-state index is 0.620. The molecule has 0 unspecified atom stereocenters. The van der Waals surface area contributed by atoms with E-state index in [1.54, 1.807) is 19.2 Å². The van der Waals surface area contributed by atoms with Gasteiger partial charge in [0.05, 0.1) is 35.3 Å². The summed E-state index contributed by atoms with van der Waals surface area (Å²) in [6.07, 6.45) is 0. The lowest BCUT2D eigenvalue weighted by Gasteiger charge is -2.08. The third-order valence-corrected chi connectivity index (χ3v) is 4.80. The Labute approximate surface area is 155 Å². The van der Waals surface area contributed by atoms with Crippen LogP contribution < -0.4 is 4.74 Å². The average Bonchev–Trinajstić information content (AvgIpc) is 3.12. The molecule has 3 aromatic carbocycles. The number of nitrogens with zero attached hydrogens (tertiary/aromatic N) is 2. The predicted molar refractivity (Wildman–Crippen MR) is 106 cm³/mol. The van der Waals surface area contributed by atoms with E-state index >= 15 is 0 Å². The summed E-state index contributed by atoms with van der Waals surface area (Å²) in [6, 6.07) is 23.4. The topological polar surface area (TPSA) is 59.0 Å². The molecule has 0 spiro atoms. The molecular formula is C23H14N2O2. The molecule has 0 saturated carbocycles. The van der Waals surface area contributed by atoms with Crippen LogP contribution in [0.1, 0.15) is 5.56 Å². The zero-order valence-corrected chi connectivity index (χ0v) is 14.6. The van der Waals surface area contributed by atoms with Gasteiger partial charge in [-0.25, -0.2) is 4.98 Å². The Bertz CT molecular complexity index is 1360. The molecular weight excluding hydrogens is 336 g/mol. The van der Waals surface area contributed by atoms with Crippen LogP contribution in [0.3, 0.4) is 0 Å². The van der Waals surface area contributed by atoms with E-state index in [1.807, 2.05) is 54.6 Å². The van der Waals surface area contributed by atoms with Crippen molar-refractivity contribution in [3.63, 3.8) is 0 Å². The zero-order valence-electron chi connectivity index (χ0n) is 14.6. The highest BCUT2D eigenvalue weighted by Gasteiger charge is 2.17. The molecule has 0 radical (unpaired) electrons. The van der Waals surface area contributed by atoms with E-state index in [4.69, 9.17) is 19.4 Å². The van der Waals surface area contributed by atoms with Crippen LogP contribution in [-0.2, 0) is 0 Å². The van der Waals surface area contributed by atoms with Crippen LogP contribution in [0.2, 0.25) is 0 Å². The molecule has 0 N–H and O–H groups in total.